The van der Waals surface area contributed by atoms with E-state index in [4.69, 9.17) is 0 Å². The van der Waals surface area contributed by atoms with Gasteiger partial charge in [0.25, 0.3) is 0 Å². The number of likely N-dealkylation sites (tertiary alicyclic amines) is 1. The van der Waals surface area contributed by atoms with Gasteiger partial charge < -0.3 is 15.1 Å². The van der Waals surface area contributed by atoms with Crippen molar-refractivity contribution in [2.75, 3.05) is 40.8 Å². The largest absolute Gasteiger partial charge is 0.354 e. The van der Waals surface area contributed by atoms with E-state index in [1.165, 1.54) is 12.0 Å². The first kappa shape index (κ1) is 21.2. The standard InChI is InChI=1S/C17H32N6.HI/c1-13-7-14(2)11-23(10-13)17(18-3)19-9-16(21(4)5)15-8-20-22(6)12-15;/h8,12-14,16H,7,9-11H2,1-6H3,(H,18,19);1H. The molecule has 138 valence electrons. The summed E-state index contributed by atoms with van der Waals surface area (Å²) in [5, 5.41) is 7.87. The first-order chi connectivity index (χ1) is 10.9. The quantitative estimate of drug-likeness (QED) is 0.436. The Morgan fingerprint density at radius 3 is 2.46 bits per heavy atom. The van der Waals surface area contributed by atoms with Crippen LogP contribution in [0.3, 0.4) is 0 Å². The molecule has 1 aromatic heterocycles. The average molecular weight is 448 g/mol. The van der Waals surface area contributed by atoms with Gasteiger partial charge in [-0.2, -0.15) is 5.10 Å². The van der Waals surface area contributed by atoms with E-state index < -0.39 is 0 Å². The third kappa shape index (κ3) is 5.61. The Bertz CT molecular complexity index is 517. The molecule has 1 saturated heterocycles. The van der Waals surface area contributed by atoms with Crippen molar-refractivity contribution >= 4 is 29.9 Å². The number of piperidine rings is 1. The summed E-state index contributed by atoms with van der Waals surface area (Å²) in [6.07, 6.45) is 5.34. The smallest absolute Gasteiger partial charge is 0.193 e. The van der Waals surface area contributed by atoms with Crippen molar-refractivity contribution in [3.63, 3.8) is 0 Å². The summed E-state index contributed by atoms with van der Waals surface area (Å²) in [5.74, 6) is 2.46. The molecule has 1 aliphatic heterocycles. The molecule has 1 fully saturated rings. The molecule has 1 aromatic rings. The van der Waals surface area contributed by atoms with E-state index in [0.717, 1.165) is 37.4 Å². The zero-order chi connectivity index (χ0) is 17.0. The molecule has 2 heterocycles. The fourth-order valence-electron chi connectivity index (χ4n) is 3.57. The molecule has 24 heavy (non-hydrogen) atoms. The maximum Gasteiger partial charge on any atom is 0.193 e. The van der Waals surface area contributed by atoms with Crippen LogP contribution in [0.4, 0.5) is 0 Å². The lowest BCUT2D eigenvalue weighted by Crippen LogP contribution is -2.49. The van der Waals surface area contributed by atoms with Crippen LogP contribution < -0.4 is 5.32 Å². The van der Waals surface area contributed by atoms with Crippen molar-refractivity contribution in [2.24, 2.45) is 23.9 Å². The molecule has 0 spiro atoms. The lowest BCUT2D eigenvalue weighted by atomic mass is 9.92. The number of hydrogen-bond donors (Lipinski definition) is 1. The molecular weight excluding hydrogens is 415 g/mol. The van der Waals surface area contributed by atoms with Crippen LogP contribution in [0.2, 0.25) is 0 Å². The number of guanidine groups is 1. The molecule has 0 aliphatic carbocycles. The first-order valence-electron chi connectivity index (χ1n) is 8.51. The summed E-state index contributed by atoms with van der Waals surface area (Å²) in [4.78, 5) is 9.12. The molecule has 2 rings (SSSR count). The lowest BCUT2D eigenvalue weighted by Gasteiger charge is -2.37. The van der Waals surface area contributed by atoms with Crippen LogP contribution in [0.15, 0.2) is 17.4 Å². The monoisotopic (exact) mass is 448 g/mol. The van der Waals surface area contributed by atoms with E-state index in [1.807, 2.05) is 25.0 Å². The van der Waals surface area contributed by atoms with E-state index in [-0.39, 0.29) is 30.0 Å². The number of likely N-dealkylation sites (N-methyl/N-ethyl adjacent to an activating group) is 1. The van der Waals surface area contributed by atoms with Crippen LogP contribution in [0.25, 0.3) is 0 Å². The van der Waals surface area contributed by atoms with Crippen LogP contribution in [0.1, 0.15) is 31.9 Å². The highest BCUT2D eigenvalue weighted by atomic mass is 127. The number of aryl methyl sites for hydroxylation is 1. The first-order valence-corrected chi connectivity index (χ1v) is 8.51. The molecule has 0 aromatic carbocycles. The Kier molecular flexibility index (Phi) is 8.49. The van der Waals surface area contributed by atoms with Gasteiger partial charge in [0.1, 0.15) is 0 Å². The predicted octanol–water partition coefficient (Wildman–Crippen LogP) is 2.19. The van der Waals surface area contributed by atoms with Gasteiger partial charge in [-0.15, -0.1) is 24.0 Å². The van der Waals surface area contributed by atoms with Crippen molar-refractivity contribution in [1.82, 2.24) is 24.9 Å². The molecule has 1 N–H and O–H groups in total. The highest BCUT2D eigenvalue weighted by molar-refractivity contribution is 14.0. The van der Waals surface area contributed by atoms with Gasteiger partial charge in [-0.25, -0.2) is 0 Å². The van der Waals surface area contributed by atoms with E-state index >= 15 is 0 Å². The molecule has 6 nitrogen and oxygen atoms in total. The van der Waals surface area contributed by atoms with Crippen molar-refractivity contribution in [3.05, 3.63) is 18.0 Å². The van der Waals surface area contributed by atoms with Gasteiger partial charge in [-0.3, -0.25) is 9.67 Å². The molecule has 3 unspecified atom stereocenters. The van der Waals surface area contributed by atoms with Gasteiger partial charge in [0, 0.05) is 45.5 Å². The summed E-state index contributed by atoms with van der Waals surface area (Å²) in [6.45, 7) is 7.65. The van der Waals surface area contributed by atoms with Gasteiger partial charge in [0.05, 0.1) is 12.2 Å². The Hall–Kier alpha value is -0.830. The second-order valence-corrected chi connectivity index (χ2v) is 7.21. The number of nitrogens with one attached hydrogen (secondary N) is 1. The number of aromatic nitrogens is 2. The normalized spacial score (nSPS) is 23.1. The summed E-state index contributed by atoms with van der Waals surface area (Å²) in [6, 6.07) is 0.278. The zero-order valence-corrected chi connectivity index (χ0v) is 18.2. The van der Waals surface area contributed by atoms with E-state index in [2.05, 4.69) is 59.3 Å². The summed E-state index contributed by atoms with van der Waals surface area (Å²) in [5.41, 5.74) is 1.22. The summed E-state index contributed by atoms with van der Waals surface area (Å²) in [7, 11) is 8.04. The molecule has 0 saturated carbocycles. The Balaban J connectivity index is 0.00000288. The van der Waals surface area contributed by atoms with Crippen LogP contribution in [-0.2, 0) is 7.05 Å². The van der Waals surface area contributed by atoms with Crippen LogP contribution in [0.5, 0.6) is 0 Å². The van der Waals surface area contributed by atoms with Gasteiger partial charge in [0.2, 0.25) is 0 Å². The third-order valence-electron chi connectivity index (χ3n) is 4.57. The second-order valence-electron chi connectivity index (χ2n) is 7.21. The van der Waals surface area contributed by atoms with E-state index in [9.17, 15) is 0 Å². The third-order valence-corrected chi connectivity index (χ3v) is 4.57. The highest BCUT2D eigenvalue weighted by Crippen LogP contribution is 2.21. The topological polar surface area (TPSA) is 48.7 Å². The van der Waals surface area contributed by atoms with Gasteiger partial charge in [-0.05, 0) is 32.4 Å². The number of nitrogens with zero attached hydrogens (tertiary/aromatic N) is 5. The van der Waals surface area contributed by atoms with Crippen LogP contribution in [0, 0.1) is 11.8 Å². The number of halogens is 1. The molecule has 0 bridgehead atoms. The highest BCUT2D eigenvalue weighted by Gasteiger charge is 2.25. The van der Waals surface area contributed by atoms with Crippen molar-refractivity contribution in [3.8, 4) is 0 Å². The minimum atomic E-state index is 0. The SMILES string of the molecule is CN=C(NCC(c1cnn(C)c1)N(C)C)N1CC(C)CC(C)C1.I. The second kappa shape index (κ2) is 9.60. The molecule has 3 atom stereocenters. The molecule has 0 amide bonds. The minimum absolute atomic E-state index is 0. The summed E-state index contributed by atoms with van der Waals surface area (Å²) >= 11 is 0. The predicted molar refractivity (Wildman–Crippen MR) is 111 cm³/mol. The lowest BCUT2D eigenvalue weighted by molar-refractivity contribution is 0.206. The van der Waals surface area contributed by atoms with Crippen molar-refractivity contribution in [1.29, 1.82) is 0 Å². The number of aliphatic imine (C=N–C) groups is 1. The van der Waals surface area contributed by atoms with E-state index in [1.54, 1.807) is 0 Å². The minimum Gasteiger partial charge on any atom is -0.354 e. The Morgan fingerprint density at radius 2 is 2.00 bits per heavy atom. The number of hydrogen-bond acceptors (Lipinski definition) is 3. The van der Waals surface area contributed by atoms with Gasteiger partial charge in [-0.1, -0.05) is 13.8 Å². The molecular formula is C17H33IN6. The average Bonchev–Trinajstić information content (AvgIpc) is 2.88. The van der Waals surface area contributed by atoms with E-state index in [0.29, 0.717) is 0 Å². The fourth-order valence-corrected chi connectivity index (χ4v) is 3.57. The van der Waals surface area contributed by atoms with Crippen LogP contribution >= 0.6 is 24.0 Å². The molecule has 1 aliphatic rings. The molecule has 7 heteroatoms. The van der Waals surface area contributed by atoms with Crippen LogP contribution in [-0.4, -0.2) is 66.3 Å². The van der Waals surface area contributed by atoms with Gasteiger partial charge in [0.15, 0.2) is 5.96 Å². The molecule has 0 radical (unpaired) electrons. The number of rotatable bonds is 4. The van der Waals surface area contributed by atoms with Gasteiger partial charge >= 0.3 is 0 Å². The van der Waals surface area contributed by atoms with Crippen molar-refractivity contribution < 1.29 is 0 Å². The fraction of sp³-hybridized carbons (Fsp3) is 0.765. The Labute approximate surface area is 163 Å². The zero-order valence-electron chi connectivity index (χ0n) is 15.9. The Morgan fingerprint density at radius 1 is 1.38 bits per heavy atom. The summed E-state index contributed by atoms with van der Waals surface area (Å²) < 4.78 is 1.86. The maximum absolute atomic E-state index is 4.50. The van der Waals surface area contributed by atoms with Crippen molar-refractivity contribution in [2.45, 2.75) is 26.3 Å². The maximum atomic E-state index is 4.50.